The van der Waals surface area contributed by atoms with E-state index in [0.717, 1.165) is 32.7 Å². The largest absolute Gasteiger partial charge is 0.486 e. The van der Waals surface area contributed by atoms with Gasteiger partial charge in [0, 0.05) is 20.9 Å². The number of aromatic nitrogens is 3. The van der Waals surface area contributed by atoms with E-state index in [1.165, 1.54) is 11.8 Å². The molecule has 1 N–H and O–H groups in total. The first-order valence-corrected chi connectivity index (χ1v) is 12.6. The highest BCUT2D eigenvalue weighted by atomic mass is 79.9. The number of ether oxygens (including phenoxy) is 1. The van der Waals surface area contributed by atoms with Crippen molar-refractivity contribution in [1.82, 2.24) is 14.8 Å². The Morgan fingerprint density at radius 3 is 2.50 bits per heavy atom. The van der Waals surface area contributed by atoms with Gasteiger partial charge in [0.15, 0.2) is 11.0 Å². The van der Waals surface area contributed by atoms with Crippen LogP contribution < -0.4 is 10.1 Å². The Bertz CT molecular complexity index is 1290. The third-order valence-electron chi connectivity index (χ3n) is 4.97. The van der Waals surface area contributed by atoms with Gasteiger partial charge < -0.3 is 10.1 Å². The number of aryl methyl sites for hydroxylation is 2. The summed E-state index contributed by atoms with van der Waals surface area (Å²) >= 11 is 10.8. The Morgan fingerprint density at radius 1 is 1.06 bits per heavy atom. The molecule has 0 aliphatic rings. The molecule has 3 aromatic carbocycles. The number of nitrogens with one attached hydrogen (secondary N) is 1. The van der Waals surface area contributed by atoms with Gasteiger partial charge in [-0.25, -0.2) is 0 Å². The Morgan fingerprint density at radius 2 is 1.79 bits per heavy atom. The zero-order valence-corrected chi connectivity index (χ0v) is 21.7. The molecule has 1 aromatic heterocycles. The average molecular weight is 558 g/mol. The quantitative estimate of drug-likeness (QED) is 0.247. The van der Waals surface area contributed by atoms with Crippen LogP contribution in [0.5, 0.6) is 5.75 Å². The lowest BCUT2D eigenvalue weighted by Crippen LogP contribution is -2.15. The highest BCUT2D eigenvalue weighted by molar-refractivity contribution is 9.10. The summed E-state index contributed by atoms with van der Waals surface area (Å²) in [6.45, 7) is 4.20. The van der Waals surface area contributed by atoms with Crippen LogP contribution in [0, 0.1) is 13.8 Å². The minimum atomic E-state index is -0.126. The lowest BCUT2D eigenvalue weighted by atomic mass is 10.2. The molecule has 0 aliphatic heterocycles. The van der Waals surface area contributed by atoms with E-state index >= 15 is 0 Å². The topological polar surface area (TPSA) is 69.0 Å². The second-order valence-electron chi connectivity index (χ2n) is 7.61. The van der Waals surface area contributed by atoms with Crippen LogP contribution in [0.1, 0.15) is 17.0 Å². The van der Waals surface area contributed by atoms with E-state index < -0.39 is 0 Å². The first kappa shape index (κ1) is 24.3. The summed E-state index contributed by atoms with van der Waals surface area (Å²) in [5.41, 5.74) is 3.75. The molecule has 0 spiro atoms. The van der Waals surface area contributed by atoms with Gasteiger partial charge in [0.05, 0.1) is 5.75 Å². The minimum Gasteiger partial charge on any atom is -0.486 e. The van der Waals surface area contributed by atoms with Crippen molar-refractivity contribution in [1.29, 1.82) is 0 Å². The van der Waals surface area contributed by atoms with Crippen molar-refractivity contribution in [3.8, 4) is 11.4 Å². The van der Waals surface area contributed by atoms with Crippen molar-refractivity contribution in [2.75, 3.05) is 11.1 Å². The molecule has 0 bridgehead atoms. The first-order chi connectivity index (χ1) is 16.4. The van der Waals surface area contributed by atoms with Crippen LogP contribution in [0.3, 0.4) is 0 Å². The molecule has 34 heavy (non-hydrogen) atoms. The number of carbonyl (C=O) groups is 1. The second kappa shape index (κ2) is 11.1. The van der Waals surface area contributed by atoms with Gasteiger partial charge in [-0.2, -0.15) is 0 Å². The van der Waals surface area contributed by atoms with Crippen LogP contribution in [0.25, 0.3) is 5.69 Å². The molecule has 9 heteroatoms. The summed E-state index contributed by atoms with van der Waals surface area (Å²) in [6.07, 6.45) is 0. The molecule has 0 saturated heterocycles. The Hall–Kier alpha value is -2.81. The van der Waals surface area contributed by atoms with Crippen LogP contribution in [0.4, 0.5) is 5.69 Å². The molecule has 4 aromatic rings. The van der Waals surface area contributed by atoms with Gasteiger partial charge in [-0.3, -0.25) is 9.36 Å². The first-order valence-electron chi connectivity index (χ1n) is 10.5. The summed E-state index contributed by atoms with van der Waals surface area (Å²) in [7, 11) is 0. The van der Waals surface area contributed by atoms with Crippen molar-refractivity contribution < 1.29 is 9.53 Å². The Balaban J connectivity index is 1.51. The molecule has 0 saturated carbocycles. The van der Waals surface area contributed by atoms with Crippen LogP contribution >= 0.6 is 39.3 Å². The van der Waals surface area contributed by atoms with E-state index in [1.807, 2.05) is 73.0 Å². The summed E-state index contributed by atoms with van der Waals surface area (Å²) < 4.78 is 8.78. The SMILES string of the molecule is Cc1ccc(OCc2nnc(SCC(=O)Nc3ccc(Br)cc3C)n2-c2ccc(Cl)cc2)cc1. The fourth-order valence-electron chi connectivity index (χ4n) is 3.20. The van der Waals surface area contributed by atoms with E-state index in [1.54, 1.807) is 12.1 Å². The molecule has 4 rings (SSSR count). The molecule has 0 fully saturated rings. The highest BCUT2D eigenvalue weighted by Gasteiger charge is 2.17. The third kappa shape index (κ3) is 6.20. The molecule has 1 heterocycles. The maximum atomic E-state index is 12.6. The summed E-state index contributed by atoms with van der Waals surface area (Å²) in [5.74, 6) is 1.42. The number of carbonyl (C=O) groups excluding carboxylic acids is 1. The van der Waals surface area contributed by atoms with Crippen LogP contribution in [0.2, 0.25) is 5.02 Å². The summed E-state index contributed by atoms with van der Waals surface area (Å²) in [6, 6.07) is 20.9. The molecule has 174 valence electrons. The molecular weight excluding hydrogens is 536 g/mol. The molecule has 0 unspecified atom stereocenters. The number of hydrogen-bond acceptors (Lipinski definition) is 5. The van der Waals surface area contributed by atoms with E-state index in [4.69, 9.17) is 16.3 Å². The molecule has 6 nitrogen and oxygen atoms in total. The van der Waals surface area contributed by atoms with Crippen molar-refractivity contribution >= 4 is 50.9 Å². The van der Waals surface area contributed by atoms with Gasteiger partial charge in [0.1, 0.15) is 12.4 Å². The lowest BCUT2D eigenvalue weighted by molar-refractivity contribution is -0.113. The number of hydrogen-bond donors (Lipinski definition) is 1. The fourth-order valence-corrected chi connectivity index (χ4v) is 4.58. The molecule has 1 amide bonds. The van der Waals surface area contributed by atoms with Gasteiger partial charge >= 0.3 is 0 Å². The van der Waals surface area contributed by atoms with Crippen molar-refractivity contribution in [3.05, 3.63) is 93.2 Å². The fraction of sp³-hybridized carbons (Fsp3) is 0.160. The van der Waals surface area contributed by atoms with Crippen LogP contribution in [0.15, 0.2) is 76.4 Å². The molecule has 0 radical (unpaired) electrons. The van der Waals surface area contributed by atoms with Gasteiger partial charge in [0.2, 0.25) is 5.91 Å². The average Bonchev–Trinajstić information content (AvgIpc) is 3.22. The number of rotatable bonds is 8. The maximum Gasteiger partial charge on any atom is 0.234 e. The van der Waals surface area contributed by atoms with E-state index in [0.29, 0.717) is 16.0 Å². The Kier molecular flexibility index (Phi) is 7.92. The number of thioether (sulfide) groups is 1. The van der Waals surface area contributed by atoms with Gasteiger partial charge in [-0.15, -0.1) is 10.2 Å². The zero-order valence-electron chi connectivity index (χ0n) is 18.6. The minimum absolute atomic E-state index is 0.126. The second-order valence-corrected chi connectivity index (χ2v) is 9.90. The van der Waals surface area contributed by atoms with Crippen molar-refractivity contribution in [3.63, 3.8) is 0 Å². The van der Waals surface area contributed by atoms with Gasteiger partial charge in [-0.1, -0.05) is 57.0 Å². The molecule has 0 atom stereocenters. The summed E-state index contributed by atoms with van der Waals surface area (Å²) in [5, 5.41) is 12.8. The summed E-state index contributed by atoms with van der Waals surface area (Å²) in [4.78, 5) is 12.6. The number of anilines is 1. The normalized spacial score (nSPS) is 10.8. The predicted molar refractivity (Wildman–Crippen MR) is 140 cm³/mol. The van der Waals surface area contributed by atoms with Crippen LogP contribution in [-0.2, 0) is 11.4 Å². The van der Waals surface area contributed by atoms with Crippen LogP contribution in [-0.4, -0.2) is 26.4 Å². The standard InChI is InChI=1S/C25H22BrClN4O2S/c1-16-3-10-21(11-4-16)33-14-23-29-30-25(31(23)20-8-6-19(27)7-9-20)34-15-24(32)28-22-12-5-18(26)13-17(22)2/h3-13H,14-15H2,1-2H3,(H,28,32). The van der Waals surface area contributed by atoms with Crippen molar-refractivity contribution in [2.24, 2.45) is 0 Å². The van der Waals surface area contributed by atoms with E-state index in [-0.39, 0.29) is 18.3 Å². The highest BCUT2D eigenvalue weighted by Crippen LogP contribution is 2.25. The van der Waals surface area contributed by atoms with Gasteiger partial charge in [0.25, 0.3) is 0 Å². The number of benzene rings is 3. The number of amides is 1. The maximum absolute atomic E-state index is 12.6. The third-order valence-corrected chi connectivity index (χ3v) is 6.64. The predicted octanol–water partition coefficient (Wildman–Crippen LogP) is 6.61. The number of halogens is 2. The monoisotopic (exact) mass is 556 g/mol. The van der Waals surface area contributed by atoms with E-state index in [9.17, 15) is 4.79 Å². The lowest BCUT2D eigenvalue weighted by Gasteiger charge is -2.12. The van der Waals surface area contributed by atoms with E-state index in [2.05, 4.69) is 31.4 Å². The zero-order chi connectivity index (χ0) is 24.1. The molecule has 0 aliphatic carbocycles. The van der Waals surface area contributed by atoms with Gasteiger partial charge in [-0.05, 0) is 74.0 Å². The Labute approximate surface area is 215 Å². The van der Waals surface area contributed by atoms with Crippen molar-refractivity contribution in [2.45, 2.75) is 25.6 Å². The number of nitrogens with zero attached hydrogens (tertiary/aromatic N) is 3. The molecular formula is C25H22BrClN4O2S. The smallest absolute Gasteiger partial charge is 0.234 e.